The van der Waals surface area contributed by atoms with E-state index in [1.165, 1.54) is 12.1 Å². The van der Waals surface area contributed by atoms with Gasteiger partial charge in [0.15, 0.2) is 23.1 Å². The van der Waals surface area contributed by atoms with Gasteiger partial charge in [0.2, 0.25) is 0 Å². The van der Waals surface area contributed by atoms with E-state index in [0.29, 0.717) is 30.5 Å². The van der Waals surface area contributed by atoms with Gasteiger partial charge in [-0.2, -0.15) is 0 Å². The Morgan fingerprint density at radius 3 is 2.40 bits per heavy atom. The number of ether oxygens (including phenoxy) is 2. The smallest absolute Gasteiger partial charge is 0.263 e. The van der Waals surface area contributed by atoms with E-state index in [0.717, 1.165) is 13.1 Å². The molecule has 8 nitrogen and oxygen atoms in total. The van der Waals surface area contributed by atoms with Crippen LogP contribution in [0.1, 0.15) is 13.8 Å². The molecule has 9 heteroatoms. The van der Waals surface area contributed by atoms with Gasteiger partial charge in [0.25, 0.3) is 10.0 Å². The summed E-state index contributed by atoms with van der Waals surface area (Å²) in [5.74, 6) is 1.81. The minimum atomic E-state index is -3.79. The van der Waals surface area contributed by atoms with Crippen molar-refractivity contribution in [3.8, 4) is 11.5 Å². The van der Waals surface area contributed by atoms with Crippen LogP contribution in [-0.2, 0) is 10.0 Å². The lowest BCUT2D eigenvalue weighted by Crippen LogP contribution is -2.23. The minimum Gasteiger partial charge on any atom is -0.486 e. The lowest BCUT2D eigenvalue weighted by molar-refractivity contribution is 0.171. The number of benzene rings is 1. The number of aromatic nitrogens is 2. The summed E-state index contributed by atoms with van der Waals surface area (Å²) in [4.78, 5) is 2.10. The second-order valence-corrected chi connectivity index (χ2v) is 7.04. The second kappa shape index (κ2) is 7.14. The predicted octanol–water partition coefficient (Wildman–Crippen LogP) is 1.89. The molecular formula is C16H20N4O4S. The zero-order valence-electron chi connectivity index (χ0n) is 14.1. The number of fused-ring (bicyclic) bond motifs is 1. The Bertz CT molecular complexity index is 836. The van der Waals surface area contributed by atoms with Crippen LogP contribution in [0.4, 0.5) is 11.6 Å². The SMILES string of the molecule is CCN(CC)c1ccc(NS(=O)(=O)c2ccc3c(c2)OCCO3)nn1. The summed E-state index contributed by atoms with van der Waals surface area (Å²) in [7, 11) is -3.79. The zero-order valence-corrected chi connectivity index (χ0v) is 14.9. The topological polar surface area (TPSA) is 93.7 Å². The monoisotopic (exact) mass is 364 g/mol. The first-order valence-electron chi connectivity index (χ1n) is 8.04. The van der Waals surface area contributed by atoms with E-state index in [1.54, 1.807) is 18.2 Å². The van der Waals surface area contributed by atoms with E-state index in [2.05, 4.69) is 14.9 Å². The highest BCUT2D eigenvalue weighted by Crippen LogP contribution is 2.32. The standard InChI is InChI=1S/C16H20N4O4S/c1-3-20(4-2)16-8-7-15(17-18-16)19-25(21,22)12-5-6-13-14(11-12)24-10-9-23-13/h5-8,11H,3-4,9-10H2,1-2H3,(H,17,19). The molecule has 1 aromatic heterocycles. The van der Waals surface area contributed by atoms with Crippen molar-refractivity contribution in [1.29, 1.82) is 0 Å². The van der Waals surface area contributed by atoms with Crippen LogP contribution in [0, 0.1) is 0 Å². The molecule has 1 aliphatic rings. The molecule has 0 unspecified atom stereocenters. The second-order valence-electron chi connectivity index (χ2n) is 5.36. The number of anilines is 2. The van der Waals surface area contributed by atoms with Crippen molar-refractivity contribution in [2.45, 2.75) is 18.7 Å². The van der Waals surface area contributed by atoms with Crippen LogP contribution in [0.25, 0.3) is 0 Å². The van der Waals surface area contributed by atoms with Crippen LogP contribution in [0.15, 0.2) is 35.2 Å². The molecule has 1 N–H and O–H groups in total. The number of sulfonamides is 1. The lowest BCUT2D eigenvalue weighted by Gasteiger charge is -2.19. The van der Waals surface area contributed by atoms with E-state index < -0.39 is 10.0 Å². The molecule has 134 valence electrons. The maximum Gasteiger partial charge on any atom is 0.263 e. The van der Waals surface area contributed by atoms with Crippen LogP contribution < -0.4 is 19.1 Å². The number of nitrogens with one attached hydrogen (secondary N) is 1. The fourth-order valence-corrected chi connectivity index (χ4v) is 3.49. The van der Waals surface area contributed by atoms with Crippen molar-refractivity contribution >= 4 is 21.7 Å². The third-order valence-electron chi connectivity index (χ3n) is 3.80. The zero-order chi connectivity index (χ0) is 17.9. The average Bonchev–Trinajstić information content (AvgIpc) is 2.63. The number of rotatable bonds is 6. The maximum absolute atomic E-state index is 12.5. The molecule has 1 aliphatic heterocycles. The van der Waals surface area contributed by atoms with Gasteiger partial charge in [-0.25, -0.2) is 8.42 Å². The first-order valence-corrected chi connectivity index (χ1v) is 9.53. The molecule has 0 amide bonds. The summed E-state index contributed by atoms with van der Waals surface area (Å²) < 4.78 is 38.3. The Hall–Kier alpha value is -2.55. The molecule has 0 spiro atoms. The molecule has 0 saturated heterocycles. The van der Waals surface area contributed by atoms with E-state index in [9.17, 15) is 8.42 Å². The van der Waals surface area contributed by atoms with Crippen LogP contribution in [0.5, 0.6) is 11.5 Å². The molecule has 2 aromatic rings. The van der Waals surface area contributed by atoms with Gasteiger partial charge in [0, 0.05) is 19.2 Å². The predicted molar refractivity (Wildman–Crippen MR) is 93.8 cm³/mol. The van der Waals surface area contributed by atoms with E-state index in [4.69, 9.17) is 9.47 Å². The van der Waals surface area contributed by atoms with Gasteiger partial charge in [-0.1, -0.05) is 0 Å². The Labute approximate surface area is 146 Å². The molecule has 25 heavy (non-hydrogen) atoms. The van der Waals surface area contributed by atoms with Crippen molar-refractivity contribution in [1.82, 2.24) is 10.2 Å². The summed E-state index contributed by atoms with van der Waals surface area (Å²) >= 11 is 0. The molecule has 0 saturated carbocycles. The third-order valence-corrected chi connectivity index (χ3v) is 5.15. The molecule has 0 fully saturated rings. The minimum absolute atomic E-state index is 0.0753. The van der Waals surface area contributed by atoms with Gasteiger partial charge in [-0.05, 0) is 38.1 Å². The Kier molecular flexibility index (Phi) is 4.93. The van der Waals surface area contributed by atoms with Crippen LogP contribution in [0.2, 0.25) is 0 Å². The Morgan fingerprint density at radius 2 is 1.76 bits per heavy atom. The summed E-state index contributed by atoms with van der Waals surface area (Å²) in [5, 5.41) is 8.03. The highest BCUT2D eigenvalue weighted by atomic mass is 32.2. The first-order chi connectivity index (χ1) is 12.0. The number of nitrogens with zero attached hydrogens (tertiary/aromatic N) is 3. The molecule has 3 rings (SSSR count). The number of hydrogen-bond donors (Lipinski definition) is 1. The van der Waals surface area contributed by atoms with Gasteiger partial charge >= 0.3 is 0 Å². The molecule has 0 bridgehead atoms. The van der Waals surface area contributed by atoms with Gasteiger partial charge in [0.1, 0.15) is 13.2 Å². The molecule has 1 aromatic carbocycles. The largest absolute Gasteiger partial charge is 0.486 e. The fourth-order valence-electron chi connectivity index (χ4n) is 2.48. The van der Waals surface area contributed by atoms with Gasteiger partial charge in [-0.3, -0.25) is 4.72 Å². The first kappa shape index (κ1) is 17.3. The summed E-state index contributed by atoms with van der Waals surface area (Å²) in [6, 6.07) is 7.82. The molecule has 0 radical (unpaired) electrons. The molecule has 2 heterocycles. The molecule has 0 atom stereocenters. The summed E-state index contributed by atoms with van der Waals surface area (Å²) in [6.45, 7) is 6.47. The van der Waals surface area contributed by atoms with Crippen LogP contribution in [-0.4, -0.2) is 44.9 Å². The van der Waals surface area contributed by atoms with Crippen LogP contribution >= 0.6 is 0 Å². The highest BCUT2D eigenvalue weighted by molar-refractivity contribution is 7.92. The Morgan fingerprint density at radius 1 is 1.04 bits per heavy atom. The van der Waals surface area contributed by atoms with E-state index >= 15 is 0 Å². The summed E-state index contributed by atoms with van der Waals surface area (Å²) in [5.41, 5.74) is 0. The van der Waals surface area contributed by atoms with Crippen molar-refractivity contribution in [3.63, 3.8) is 0 Å². The maximum atomic E-state index is 12.5. The Balaban J connectivity index is 1.79. The van der Waals surface area contributed by atoms with Crippen LogP contribution in [0.3, 0.4) is 0 Å². The van der Waals surface area contributed by atoms with Gasteiger partial charge in [-0.15, -0.1) is 10.2 Å². The van der Waals surface area contributed by atoms with Gasteiger partial charge < -0.3 is 14.4 Å². The lowest BCUT2D eigenvalue weighted by atomic mass is 10.3. The molecule has 0 aliphatic carbocycles. The van der Waals surface area contributed by atoms with Crippen molar-refractivity contribution in [3.05, 3.63) is 30.3 Å². The average molecular weight is 364 g/mol. The van der Waals surface area contributed by atoms with E-state index in [1.807, 2.05) is 18.7 Å². The van der Waals surface area contributed by atoms with E-state index in [-0.39, 0.29) is 10.7 Å². The highest BCUT2D eigenvalue weighted by Gasteiger charge is 2.20. The quantitative estimate of drug-likeness (QED) is 0.836. The van der Waals surface area contributed by atoms with Crippen molar-refractivity contribution in [2.75, 3.05) is 35.9 Å². The van der Waals surface area contributed by atoms with Crippen molar-refractivity contribution < 1.29 is 17.9 Å². The third kappa shape index (κ3) is 3.76. The molecular weight excluding hydrogens is 344 g/mol. The van der Waals surface area contributed by atoms with Crippen molar-refractivity contribution in [2.24, 2.45) is 0 Å². The fraction of sp³-hybridized carbons (Fsp3) is 0.375. The number of hydrogen-bond acceptors (Lipinski definition) is 7. The van der Waals surface area contributed by atoms with Gasteiger partial charge in [0.05, 0.1) is 4.90 Å². The normalized spacial score (nSPS) is 13.4. The summed E-state index contributed by atoms with van der Waals surface area (Å²) in [6.07, 6.45) is 0.